The molecule has 1 fully saturated rings. The quantitative estimate of drug-likeness (QED) is 0.828. The Hall–Kier alpha value is -1.55. The van der Waals surface area contributed by atoms with E-state index >= 15 is 0 Å². The van der Waals surface area contributed by atoms with Crippen LogP contribution in [0.5, 0.6) is 11.5 Å². The first-order valence-electron chi connectivity index (χ1n) is 6.89. The number of phenols is 1. The first kappa shape index (κ1) is 13.9. The molecule has 0 saturated carbocycles. The highest BCUT2D eigenvalue weighted by Gasteiger charge is 2.08. The van der Waals surface area contributed by atoms with Crippen LogP contribution in [0.4, 0.5) is 0 Å². The van der Waals surface area contributed by atoms with Crippen molar-refractivity contribution in [2.24, 2.45) is 4.99 Å². The summed E-state index contributed by atoms with van der Waals surface area (Å²) in [6.07, 6.45) is 5.71. The zero-order valence-electron chi connectivity index (χ0n) is 11.5. The van der Waals surface area contributed by atoms with Gasteiger partial charge in [0.25, 0.3) is 0 Å². The first-order chi connectivity index (χ1) is 9.29. The van der Waals surface area contributed by atoms with Gasteiger partial charge in [0, 0.05) is 24.4 Å². The molecule has 104 valence electrons. The van der Waals surface area contributed by atoms with Crippen molar-refractivity contribution in [3.8, 4) is 11.5 Å². The second-order valence-corrected chi connectivity index (χ2v) is 4.86. The van der Waals surface area contributed by atoms with Crippen LogP contribution < -0.4 is 4.74 Å². The third-order valence-corrected chi connectivity index (χ3v) is 3.46. The van der Waals surface area contributed by atoms with Gasteiger partial charge in [-0.05, 0) is 38.1 Å². The fourth-order valence-electron chi connectivity index (χ4n) is 2.30. The highest BCUT2D eigenvalue weighted by atomic mass is 16.5. The average molecular weight is 262 g/mol. The molecule has 1 aromatic rings. The van der Waals surface area contributed by atoms with Gasteiger partial charge in [-0.25, -0.2) is 0 Å². The number of phenolic OH excluding ortho intramolecular Hbond substituents is 1. The molecule has 1 aromatic carbocycles. The van der Waals surface area contributed by atoms with Crippen molar-refractivity contribution in [1.82, 2.24) is 4.90 Å². The number of nitrogens with zero attached hydrogens (tertiary/aromatic N) is 2. The fourth-order valence-corrected chi connectivity index (χ4v) is 2.30. The number of ether oxygens (including phenoxy) is 1. The number of hydrogen-bond acceptors (Lipinski definition) is 4. The summed E-state index contributed by atoms with van der Waals surface area (Å²) in [6, 6.07) is 5.25. The first-order valence-corrected chi connectivity index (χ1v) is 6.89. The Morgan fingerprint density at radius 1 is 1.32 bits per heavy atom. The van der Waals surface area contributed by atoms with Gasteiger partial charge in [0.1, 0.15) is 11.5 Å². The molecule has 0 bridgehead atoms. The highest BCUT2D eigenvalue weighted by Crippen LogP contribution is 2.21. The lowest BCUT2D eigenvalue weighted by atomic mass is 10.1. The molecule has 1 saturated heterocycles. The van der Waals surface area contributed by atoms with Crippen LogP contribution in [0, 0.1) is 0 Å². The summed E-state index contributed by atoms with van der Waals surface area (Å²) < 4.78 is 5.04. The van der Waals surface area contributed by atoms with Crippen LogP contribution in [0.3, 0.4) is 0 Å². The summed E-state index contributed by atoms with van der Waals surface area (Å²) in [6.45, 7) is 4.19. The zero-order chi connectivity index (χ0) is 13.5. The molecule has 0 aromatic heterocycles. The van der Waals surface area contributed by atoms with Crippen LogP contribution in [0.25, 0.3) is 0 Å². The molecule has 0 aliphatic carbocycles. The van der Waals surface area contributed by atoms with Crippen molar-refractivity contribution >= 4 is 6.21 Å². The molecule has 19 heavy (non-hydrogen) atoms. The van der Waals surface area contributed by atoms with E-state index < -0.39 is 0 Å². The molecule has 1 aliphatic heterocycles. The average Bonchev–Trinajstić information content (AvgIpc) is 2.46. The molecular formula is C15H22N2O2. The molecule has 2 rings (SSSR count). The largest absolute Gasteiger partial charge is 0.507 e. The Balaban J connectivity index is 1.81. The maximum Gasteiger partial charge on any atom is 0.128 e. The van der Waals surface area contributed by atoms with Gasteiger partial charge in [0.2, 0.25) is 0 Å². The predicted octanol–water partition coefficient (Wildman–Crippen LogP) is 2.31. The second-order valence-electron chi connectivity index (χ2n) is 4.86. The molecule has 1 N–H and O–H groups in total. The lowest BCUT2D eigenvalue weighted by Crippen LogP contribution is -2.31. The Morgan fingerprint density at radius 2 is 2.11 bits per heavy atom. The van der Waals surface area contributed by atoms with E-state index in [0.29, 0.717) is 5.75 Å². The number of methoxy groups -OCH3 is 1. The molecule has 4 heteroatoms. The molecular weight excluding hydrogens is 240 g/mol. The minimum Gasteiger partial charge on any atom is -0.507 e. The van der Waals surface area contributed by atoms with Gasteiger partial charge in [-0.15, -0.1) is 0 Å². The van der Waals surface area contributed by atoms with Gasteiger partial charge in [-0.3, -0.25) is 4.99 Å². The van der Waals surface area contributed by atoms with Crippen molar-refractivity contribution in [2.75, 3.05) is 33.3 Å². The van der Waals surface area contributed by atoms with Crippen molar-refractivity contribution in [2.45, 2.75) is 19.3 Å². The number of hydrogen-bond donors (Lipinski definition) is 1. The van der Waals surface area contributed by atoms with E-state index in [1.807, 2.05) is 12.1 Å². The molecule has 0 amide bonds. The lowest BCUT2D eigenvalue weighted by molar-refractivity contribution is 0.235. The van der Waals surface area contributed by atoms with Gasteiger partial charge in [-0.1, -0.05) is 6.42 Å². The summed E-state index contributed by atoms with van der Waals surface area (Å²) >= 11 is 0. The van der Waals surface area contributed by atoms with Crippen molar-refractivity contribution < 1.29 is 9.84 Å². The van der Waals surface area contributed by atoms with Gasteiger partial charge < -0.3 is 14.7 Å². The number of rotatable bonds is 5. The molecule has 0 radical (unpaired) electrons. The topological polar surface area (TPSA) is 45.1 Å². The van der Waals surface area contributed by atoms with E-state index in [4.69, 9.17) is 4.74 Å². The lowest BCUT2D eigenvalue weighted by Gasteiger charge is -2.25. The van der Waals surface area contributed by atoms with Crippen molar-refractivity contribution in [3.05, 3.63) is 23.8 Å². The number of aliphatic imine (C=N–C) groups is 1. The van der Waals surface area contributed by atoms with Crippen LogP contribution in [0.1, 0.15) is 24.8 Å². The van der Waals surface area contributed by atoms with Gasteiger partial charge >= 0.3 is 0 Å². The molecule has 4 nitrogen and oxygen atoms in total. The minimum atomic E-state index is 0.209. The van der Waals surface area contributed by atoms with E-state index in [2.05, 4.69) is 9.89 Å². The summed E-state index contributed by atoms with van der Waals surface area (Å²) in [5.41, 5.74) is 0.736. The van der Waals surface area contributed by atoms with E-state index in [0.717, 1.165) is 18.7 Å². The van der Waals surface area contributed by atoms with Crippen LogP contribution >= 0.6 is 0 Å². The predicted molar refractivity (Wildman–Crippen MR) is 77.4 cm³/mol. The van der Waals surface area contributed by atoms with Crippen LogP contribution in [0.2, 0.25) is 0 Å². The van der Waals surface area contributed by atoms with Crippen molar-refractivity contribution in [1.29, 1.82) is 0 Å². The summed E-state index contributed by atoms with van der Waals surface area (Å²) in [4.78, 5) is 6.84. The SMILES string of the molecule is COc1ccc(C=NCCN2CCCCC2)c(O)c1. The monoisotopic (exact) mass is 262 g/mol. The van der Waals surface area contributed by atoms with Crippen LogP contribution in [-0.2, 0) is 0 Å². The summed E-state index contributed by atoms with van der Waals surface area (Å²) in [5, 5.41) is 9.79. The molecule has 0 spiro atoms. The zero-order valence-corrected chi connectivity index (χ0v) is 11.5. The smallest absolute Gasteiger partial charge is 0.128 e. The van der Waals surface area contributed by atoms with E-state index in [1.54, 1.807) is 19.4 Å². The summed E-state index contributed by atoms with van der Waals surface area (Å²) in [5.74, 6) is 0.865. The molecule has 1 heterocycles. The Bertz CT molecular complexity index is 426. The third-order valence-electron chi connectivity index (χ3n) is 3.46. The van der Waals surface area contributed by atoms with Gasteiger partial charge in [0.15, 0.2) is 0 Å². The van der Waals surface area contributed by atoms with Crippen LogP contribution in [0.15, 0.2) is 23.2 Å². The number of piperidine rings is 1. The minimum absolute atomic E-state index is 0.209. The fraction of sp³-hybridized carbons (Fsp3) is 0.533. The van der Waals surface area contributed by atoms with Gasteiger partial charge in [0.05, 0.1) is 13.7 Å². The van der Waals surface area contributed by atoms with Crippen molar-refractivity contribution in [3.63, 3.8) is 0 Å². The maximum absolute atomic E-state index is 9.79. The van der Waals surface area contributed by atoms with E-state index in [1.165, 1.54) is 32.4 Å². The Kier molecular flexibility index (Phi) is 5.21. The standard InChI is InChI=1S/C15H22N2O2/c1-19-14-6-5-13(15(18)11-14)12-16-7-10-17-8-3-2-4-9-17/h5-6,11-12,18H,2-4,7-10H2,1H3. The van der Waals surface area contributed by atoms with Crippen LogP contribution in [-0.4, -0.2) is 49.5 Å². The van der Waals surface area contributed by atoms with E-state index in [9.17, 15) is 5.11 Å². The molecule has 0 atom stereocenters. The normalized spacial score (nSPS) is 16.9. The Labute approximate surface area is 114 Å². The second kappa shape index (κ2) is 7.14. The molecule has 1 aliphatic rings. The van der Waals surface area contributed by atoms with E-state index in [-0.39, 0.29) is 5.75 Å². The number of likely N-dealkylation sites (tertiary alicyclic amines) is 1. The summed E-state index contributed by atoms with van der Waals surface area (Å²) in [7, 11) is 1.58. The highest BCUT2D eigenvalue weighted by molar-refractivity contribution is 5.83. The molecule has 0 unspecified atom stereocenters. The van der Waals surface area contributed by atoms with Gasteiger partial charge in [-0.2, -0.15) is 0 Å². The number of aromatic hydroxyl groups is 1. The Morgan fingerprint density at radius 3 is 2.79 bits per heavy atom. The number of benzene rings is 1. The maximum atomic E-state index is 9.79. The third kappa shape index (κ3) is 4.24.